The zero-order valence-electron chi connectivity index (χ0n) is 9.01. The molecule has 88 valence electrons. The predicted octanol–water partition coefficient (Wildman–Crippen LogP) is 2.94. The summed E-state index contributed by atoms with van der Waals surface area (Å²) in [6.45, 7) is 0.711. The first-order valence-corrected chi connectivity index (χ1v) is 6.39. The zero-order valence-corrected chi connectivity index (χ0v) is 10.6. The van der Waals surface area contributed by atoms with Gasteiger partial charge < -0.3 is 15.7 Å². The van der Waals surface area contributed by atoms with Crippen LogP contribution in [0.2, 0.25) is 0 Å². The average Bonchev–Trinajstić information content (AvgIpc) is 2.79. The molecular formula is C12H12N2OS2. The molecule has 0 aliphatic heterocycles. The van der Waals surface area contributed by atoms with E-state index in [9.17, 15) is 5.11 Å². The maximum atomic E-state index is 9.30. The largest absolute Gasteiger partial charge is 0.508 e. The third kappa shape index (κ3) is 3.72. The third-order valence-electron chi connectivity index (χ3n) is 2.11. The molecule has 0 bridgehead atoms. The van der Waals surface area contributed by atoms with Gasteiger partial charge in [-0.05, 0) is 35.8 Å². The average molecular weight is 264 g/mol. The SMILES string of the molecule is Oc1cccc(NC(=S)NCc2cccs2)c1. The summed E-state index contributed by atoms with van der Waals surface area (Å²) in [6.07, 6.45) is 0. The van der Waals surface area contributed by atoms with Crippen LogP contribution in [0.25, 0.3) is 0 Å². The van der Waals surface area contributed by atoms with Gasteiger partial charge in [-0.3, -0.25) is 0 Å². The molecule has 3 N–H and O–H groups in total. The van der Waals surface area contributed by atoms with Crippen molar-refractivity contribution in [2.75, 3.05) is 5.32 Å². The van der Waals surface area contributed by atoms with Crippen LogP contribution in [-0.4, -0.2) is 10.2 Å². The number of hydrogen-bond acceptors (Lipinski definition) is 3. The number of anilines is 1. The molecule has 0 aliphatic rings. The van der Waals surface area contributed by atoms with Crippen molar-refractivity contribution in [2.24, 2.45) is 0 Å². The van der Waals surface area contributed by atoms with Crippen molar-refractivity contribution < 1.29 is 5.11 Å². The Morgan fingerprint density at radius 3 is 2.88 bits per heavy atom. The van der Waals surface area contributed by atoms with Crippen LogP contribution in [0.5, 0.6) is 5.75 Å². The van der Waals surface area contributed by atoms with Gasteiger partial charge in [-0.15, -0.1) is 11.3 Å². The molecule has 0 radical (unpaired) electrons. The van der Waals surface area contributed by atoms with Gasteiger partial charge in [0, 0.05) is 16.6 Å². The molecule has 1 aromatic heterocycles. The predicted molar refractivity (Wildman–Crippen MR) is 75.5 cm³/mol. The second-order valence-corrected chi connectivity index (χ2v) is 4.88. The van der Waals surface area contributed by atoms with Crippen molar-refractivity contribution in [3.8, 4) is 5.75 Å². The quantitative estimate of drug-likeness (QED) is 0.746. The fourth-order valence-electron chi connectivity index (χ4n) is 1.34. The first-order valence-electron chi connectivity index (χ1n) is 5.10. The molecule has 0 atom stereocenters. The number of phenols is 1. The molecule has 3 nitrogen and oxygen atoms in total. The van der Waals surface area contributed by atoms with Crippen LogP contribution in [-0.2, 0) is 6.54 Å². The van der Waals surface area contributed by atoms with Crippen molar-refractivity contribution in [2.45, 2.75) is 6.54 Å². The van der Waals surface area contributed by atoms with E-state index >= 15 is 0 Å². The molecule has 0 unspecified atom stereocenters. The van der Waals surface area contributed by atoms with Crippen molar-refractivity contribution in [1.82, 2.24) is 5.32 Å². The molecule has 0 saturated heterocycles. The summed E-state index contributed by atoms with van der Waals surface area (Å²) in [5.41, 5.74) is 0.772. The Kier molecular flexibility index (Phi) is 3.95. The van der Waals surface area contributed by atoms with E-state index in [0.717, 1.165) is 5.69 Å². The fourth-order valence-corrected chi connectivity index (χ4v) is 2.17. The summed E-state index contributed by atoms with van der Waals surface area (Å²) in [5, 5.41) is 18.0. The van der Waals surface area contributed by atoms with Gasteiger partial charge in [-0.1, -0.05) is 12.1 Å². The van der Waals surface area contributed by atoms with E-state index in [0.29, 0.717) is 11.7 Å². The first-order chi connectivity index (χ1) is 8.24. The number of hydrogen-bond donors (Lipinski definition) is 3. The van der Waals surface area contributed by atoms with Gasteiger partial charge in [0.1, 0.15) is 5.75 Å². The highest BCUT2D eigenvalue weighted by Gasteiger charge is 1.99. The Morgan fingerprint density at radius 1 is 1.29 bits per heavy atom. The summed E-state index contributed by atoms with van der Waals surface area (Å²) in [7, 11) is 0. The first kappa shape index (κ1) is 11.9. The Balaban J connectivity index is 1.85. The molecule has 1 heterocycles. The lowest BCUT2D eigenvalue weighted by Gasteiger charge is -2.09. The topological polar surface area (TPSA) is 44.3 Å². The minimum absolute atomic E-state index is 0.219. The third-order valence-corrected chi connectivity index (χ3v) is 3.23. The minimum Gasteiger partial charge on any atom is -0.508 e. The fraction of sp³-hybridized carbons (Fsp3) is 0.0833. The van der Waals surface area contributed by atoms with Crippen LogP contribution in [0.3, 0.4) is 0 Å². The molecule has 0 fully saturated rings. The van der Waals surface area contributed by atoms with Crippen LogP contribution in [0.4, 0.5) is 5.69 Å². The molecule has 2 rings (SSSR count). The molecule has 17 heavy (non-hydrogen) atoms. The summed E-state index contributed by atoms with van der Waals surface area (Å²) in [4.78, 5) is 1.23. The second kappa shape index (κ2) is 5.65. The smallest absolute Gasteiger partial charge is 0.171 e. The van der Waals surface area contributed by atoms with E-state index in [1.165, 1.54) is 4.88 Å². The molecular weight excluding hydrogens is 252 g/mol. The van der Waals surface area contributed by atoms with E-state index in [2.05, 4.69) is 16.7 Å². The summed E-state index contributed by atoms with van der Waals surface area (Å²) >= 11 is 6.84. The maximum Gasteiger partial charge on any atom is 0.171 e. The van der Waals surface area contributed by atoms with E-state index in [1.54, 1.807) is 29.5 Å². The van der Waals surface area contributed by atoms with Gasteiger partial charge in [0.15, 0.2) is 5.11 Å². The second-order valence-electron chi connectivity index (χ2n) is 3.44. The van der Waals surface area contributed by atoms with Gasteiger partial charge in [-0.2, -0.15) is 0 Å². The maximum absolute atomic E-state index is 9.30. The Bertz CT molecular complexity index is 497. The number of benzene rings is 1. The van der Waals surface area contributed by atoms with E-state index < -0.39 is 0 Å². The summed E-state index contributed by atoms with van der Waals surface area (Å²) in [5.74, 6) is 0.219. The standard InChI is InChI=1S/C12H12N2OS2/c15-10-4-1-3-9(7-10)14-12(16)13-8-11-5-2-6-17-11/h1-7,15H,8H2,(H2,13,14,16). The van der Waals surface area contributed by atoms with Crippen LogP contribution < -0.4 is 10.6 Å². The van der Waals surface area contributed by atoms with Crippen LogP contribution in [0.15, 0.2) is 41.8 Å². The lowest BCUT2D eigenvalue weighted by molar-refractivity contribution is 0.475. The minimum atomic E-state index is 0.219. The number of thiophene rings is 1. The number of thiocarbonyl (C=S) groups is 1. The molecule has 0 aliphatic carbocycles. The Morgan fingerprint density at radius 2 is 2.18 bits per heavy atom. The van der Waals surface area contributed by atoms with E-state index in [1.807, 2.05) is 17.5 Å². The van der Waals surface area contributed by atoms with Crippen molar-refractivity contribution in [1.29, 1.82) is 0 Å². The Hall–Kier alpha value is -1.59. The number of nitrogens with one attached hydrogen (secondary N) is 2. The molecule has 5 heteroatoms. The monoisotopic (exact) mass is 264 g/mol. The molecule has 0 spiro atoms. The van der Waals surface area contributed by atoms with Crippen LogP contribution in [0.1, 0.15) is 4.88 Å². The molecule has 2 aromatic rings. The summed E-state index contributed by atoms with van der Waals surface area (Å²) < 4.78 is 0. The van der Waals surface area contributed by atoms with Crippen molar-refractivity contribution in [3.63, 3.8) is 0 Å². The van der Waals surface area contributed by atoms with E-state index in [-0.39, 0.29) is 5.75 Å². The van der Waals surface area contributed by atoms with Gasteiger partial charge in [0.2, 0.25) is 0 Å². The lowest BCUT2D eigenvalue weighted by Crippen LogP contribution is -2.27. The van der Waals surface area contributed by atoms with Crippen LogP contribution >= 0.6 is 23.6 Å². The number of phenolic OH excluding ortho intramolecular Hbond substituents is 1. The molecule has 0 saturated carbocycles. The highest BCUT2D eigenvalue weighted by molar-refractivity contribution is 7.80. The molecule has 1 aromatic carbocycles. The summed E-state index contributed by atoms with van der Waals surface area (Å²) in [6, 6.07) is 10.9. The van der Waals surface area contributed by atoms with Crippen LogP contribution in [0, 0.1) is 0 Å². The Labute approximate surface area is 109 Å². The van der Waals surface area contributed by atoms with Gasteiger partial charge in [-0.25, -0.2) is 0 Å². The van der Waals surface area contributed by atoms with Crippen molar-refractivity contribution in [3.05, 3.63) is 46.7 Å². The number of aromatic hydroxyl groups is 1. The van der Waals surface area contributed by atoms with E-state index in [4.69, 9.17) is 12.2 Å². The normalized spacial score (nSPS) is 9.88. The molecule has 0 amide bonds. The lowest BCUT2D eigenvalue weighted by atomic mass is 10.3. The zero-order chi connectivity index (χ0) is 12.1. The van der Waals surface area contributed by atoms with Gasteiger partial charge in [0.25, 0.3) is 0 Å². The van der Waals surface area contributed by atoms with Gasteiger partial charge >= 0.3 is 0 Å². The van der Waals surface area contributed by atoms with Gasteiger partial charge in [0.05, 0.1) is 6.54 Å². The highest BCUT2D eigenvalue weighted by atomic mass is 32.1. The number of rotatable bonds is 3. The highest BCUT2D eigenvalue weighted by Crippen LogP contribution is 2.15. The van der Waals surface area contributed by atoms with Crippen molar-refractivity contribution >= 4 is 34.4 Å².